The Morgan fingerprint density at radius 1 is 1.17 bits per heavy atom. The maximum atomic E-state index is 5.42. The Labute approximate surface area is 85.4 Å². The maximum absolute atomic E-state index is 5.42. The first kappa shape index (κ1) is 14.1. The zero-order valence-corrected chi connectivity index (χ0v) is 8.54. The lowest BCUT2D eigenvalue weighted by atomic mass is 10.2. The van der Waals surface area contributed by atoms with Crippen molar-refractivity contribution >= 4 is 30.5 Å². The van der Waals surface area contributed by atoms with Gasteiger partial charge in [0.2, 0.25) is 0 Å². The van der Waals surface area contributed by atoms with Crippen LogP contribution >= 0.6 is 24.8 Å². The molecule has 0 unspecified atom stereocenters. The van der Waals surface area contributed by atoms with Crippen molar-refractivity contribution in [3.63, 3.8) is 0 Å². The third-order valence-electron chi connectivity index (χ3n) is 1.48. The smallest absolute Gasteiger partial charge is 0.0337 e. The summed E-state index contributed by atoms with van der Waals surface area (Å²) in [5, 5.41) is 3.04. The predicted octanol–water partition coefficient (Wildman–Crippen LogP) is 2.03. The van der Waals surface area contributed by atoms with E-state index >= 15 is 0 Å². The lowest BCUT2D eigenvalue weighted by Gasteiger charge is -1.99. The number of benzene rings is 1. The highest BCUT2D eigenvalue weighted by atomic mass is 35.5. The molecule has 4 heteroatoms. The van der Waals surface area contributed by atoms with E-state index in [1.165, 1.54) is 5.56 Å². The van der Waals surface area contributed by atoms with Crippen LogP contribution in [0.3, 0.4) is 0 Å². The Morgan fingerprint density at radius 2 is 1.67 bits per heavy atom. The minimum absolute atomic E-state index is 0. The van der Waals surface area contributed by atoms with Crippen molar-refractivity contribution in [1.29, 1.82) is 0 Å². The van der Waals surface area contributed by atoms with Gasteiger partial charge < -0.3 is 11.1 Å². The number of nitrogens with two attached hydrogens (primary N) is 1. The molecule has 0 saturated heterocycles. The molecule has 12 heavy (non-hydrogen) atoms. The highest BCUT2D eigenvalue weighted by molar-refractivity contribution is 5.85. The molecule has 0 heterocycles. The van der Waals surface area contributed by atoms with Gasteiger partial charge in [0.05, 0.1) is 0 Å². The largest absolute Gasteiger partial charge is 0.388 e. The van der Waals surface area contributed by atoms with Crippen LogP contribution in [0.1, 0.15) is 5.56 Å². The van der Waals surface area contributed by atoms with Gasteiger partial charge in [0.15, 0.2) is 0 Å². The first-order valence-electron chi connectivity index (χ1n) is 3.33. The summed E-state index contributed by atoms with van der Waals surface area (Å²) >= 11 is 0. The summed E-state index contributed by atoms with van der Waals surface area (Å²) in [5.74, 6) is 0. The number of hydrogen-bond acceptors (Lipinski definition) is 2. The summed E-state index contributed by atoms with van der Waals surface area (Å²) < 4.78 is 0. The van der Waals surface area contributed by atoms with Crippen molar-refractivity contribution < 1.29 is 0 Å². The zero-order valence-electron chi connectivity index (χ0n) is 6.91. The van der Waals surface area contributed by atoms with Gasteiger partial charge in [0.25, 0.3) is 0 Å². The quantitative estimate of drug-likeness (QED) is 0.782. The topological polar surface area (TPSA) is 38.0 Å². The van der Waals surface area contributed by atoms with E-state index in [0.29, 0.717) is 6.54 Å². The van der Waals surface area contributed by atoms with Crippen LogP contribution in [0.25, 0.3) is 0 Å². The molecule has 1 aromatic carbocycles. The van der Waals surface area contributed by atoms with Crippen molar-refractivity contribution in [2.75, 3.05) is 12.4 Å². The number of nitrogens with one attached hydrogen (secondary N) is 1. The van der Waals surface area contributed by atoms with Gasteiger partial charge in [0, 0.05) is 19.3 Å². The molecule has 0 aliphatic heterocycles. The number of rotatable bonds is 2. The Hall–Kier alpha value is -0.440. The van der Waals surface area contributed by atoms with E-state index in [2.05, 4.69) is 5.32 Å². The van der Waals surface area contributed by atoms with E-state index in [1.54, 1.807) is 0 Å². The van der Waals surface area contributed by atoms with Crippen LogP contribution < -0.4 is 11.1 Å². The Morgan fingerprint density at radius 3 is 2.00 bits per heavy atom. The molecule has 2 nitrogen and oxygen atoms in total. The molecule has 0 radical (unpaired) electrons. The molecule has 0 fully saturated rings. The molecule has 1 rings (SSSR count). The van der Waals surface area contributed by atoms with Crippen LogP contribution in [0.4, 0.5) is 5.69 Å². The van der Waals surface area contributed by atoms with Gasteiger partial charge in [-0.15, -0.1) is 24.8 Å². The second-order valence-electron chi connectivity index (χ2n) is 2.15. The second kappa shape index (κ2) is 7.22. The van der Waals surface area contributed by atoms with Crippen molar-refractivity contribution in [3.05, 3.63) is 29.8 Å². The highest BCUT2D eigenvalue weighted by Crippen LogP contribution is 2.06. The molecular weight excluding hydrogens is 195 g/mol. The van der Waals surface area contributed by atoms with Crippen molar-refractivity contribution in [1.82, 2.24) is 0 Å². The SMILES string of the molecule is CNc1ccc(CN)cc1.Cl.Cl. The van der Waals surface area contributed by atoms with Crippen LogP contribution in [0.2, 0.25) is 0 Å². The van der Waals surface area contributed by atoms with Gasteiger partial charge in [-0.05, 0) is 17.7 Å². The van der Waals surface area contributed by atoms with Crippen LogP contribution in [-0.4, -0.2) is 7.05 Å². The summed E-state index contributed by atoms with van der Waals surface area (Å²) in [7, 11) is 1.90. The molecule has 70 valence electrons. The van der Waals surface area contributed by atoms with Gasteiger partial charge in [-0.25, -0.2) is 0 Å². The summed E-state index contributed by atoms with van der Waals surface area (Å²) in [6, 6.07) is 8.07. The summed E-state index contributed by atoms with van der Waals surface area (Å²) in [6.45, 7) is 0.615. The first-order chi connectivity index (χ1) is 4.86. The monoisotopic (exact) mass is 208 g/mol. The van der Waals surface area contributed by atoms with Gasteiger partial charge in [-0.2, -0.15) is 0 Å². The molecule has 0 amide bonds. The average molecular weight is 209 g/mol. The molecule has 0 bridgehead atoms. The van der Waals surface area contributed by atoms with Crippen LogP contribution in [0, 0.1) is 0 Å². The minimum Gasteiger partial charge on any atom is -0.388 e. The first-order valence-corrected chi connectivity index (χ1v) is 3.33. The van der Waals surface area contributed by atoms with Crippen LogP contribution in [0.5, 0.6) is 0 Å². The third kappa shape index (κ3) is 3.81. The normalized spacial score (nSPS) is 7.83. The van der Waals surface area contributed by atoms with E-state index in [9.17, 15) is 0 Å². The van der Waals surface area contributed by atoms with Gasteiger partial charge in [0.1, 0.15) is 0 Å². The van der Waals surface area contributed by atoms with E-state index in [4.69, 9.17) is 5.73 Å². The summed E-state index contributed by atoms with van der Waals surface area (Å²) in [6.07, 6.45) is 0. The molecule has 1 aromatic rings. The summed E-state index contributed by atoms with van der Waals surface area (Å²) in [4.78, 5) is 0. The van der Waals surface area contributed by atoms with Gasteiger partial charge in [-0.1, -0.05) is 12.1 Å². The Kier molecular flexibility index (Phi) is 8.49. The fourth-order valence-electron chi connectivity index (χ4n) is 0.807. The average Bonchev–Trinajstić information content (AvgIpc) is 2.05. The van der Waals surface area contributed by atoms with Crippen LogP contribution in [-0.2, 0) is 6.54 Å². The lowest BCUT2D eigenvalue weighted by Crippen LogP contribution is -1.96. The Balaban J connectivity index is 0. The minimum atomic E-state index is 0. The lowest BCUT2D eigenvalue weighted by molar-refractivity contribution is 1.07. The second-order valence-corrected chi connectivity index (χ2v) is 2.15. The van der Waals surface area contributed by atoms with E-state index < -0.39 is 0 Å². The number of hydrogen-bond donors (Lipinski definition) is 2. The fourth-order valence-corrected chi connectivity index (χ4v) is 0.807. The van der Waals surface area contributed by atoms with Crippen molar-refractivity contribution in [2.24, 2.45) is 5.73 Å². The van der Waals surface area contributed by atoms with Crippen molar-refractivity contribution in [2.45, 2.75) is 6.54 Å². The van der Waals surface area contributed by atoms with Crippen molar-refractivity contribution in [3.8, 4) is 0 Å². The molecule has 0 spiro atoms. The standard InChI is InChI=1S/C8H12N2.2ClH/c1-10-8-4-2-7(6-9)3-5-8;;/h2-5,10H,6,9H2,1H3;2*1H. The molecule has 0 saturated carbocycles. The molecule has 0 aromatic heterocycles. The number of halogens is 2. The van der Waals surface area contributed by atoms with Gasteiger partial charge >= 0.3 is 0 Å². The van der Waals surface area contributed by atoms with E-state index in [0.717, 1.165) is 5.69 Å². The molecule has 0 aliphatic carbocycles. The van der Waals surface area contributed by atoms with Gasteiger partial charge in [-0.3, -0.25) is 0 Å². The predicted molar refractivity (Wildman–Crippen MR) is 58.4 cm³/mol. The molecular formula is C8H14Cl2N2. The molecule has 0 aliphatic rings. The van der Waals surface area contributed by atoms with E-state index in [1.807, 2.05) is 31.3 Å². The number of anilines is 1. The Bertz CT molecular complexity index is 176. The highest BCUT2D eigenvalue weighted by Gasteiger charge is 1.87. The zero-order chi connectivity index (χ0) is 7.40. The fraction of sp³-hybridized carbons (Fsp3) is 0.250. The maximum Gasteiger partial charge on any atom is 0.0337 e. The summed E-state index contributed by atoms with van der Waals surface area (Å²) in [5.41, 5.74) is 7.71. The third-order valence-corrected chi connectivity index (χ3v) is 1.48. The van der Waals surface area contributed by atoms with Crippen LogP contribution in [0.15, 0.2) is 24.3 Å². The molecule has 0 atom stereocenters. The van der Waals surface area contributed by atoms with E-state index in [-0.39, 0.29) is 24.8 Å². The molecule has 3 N–H and O–H groups in total.